The van der Waals surface area contributed by atoms with Crippen LogP contribution in [0.25, 0.3) is 10.2 Å². The molecule has 1 atom stereocenters. The fourth-order valence-electron chi connectivity index (χ4n) is 2.60. The van der Waals surface area contributed by atoms with Crippen molar-refractivity contribution in [2.45, 2.75) is 12.8 Å². The summed E-state index contributed by atoms with van der Waals surface area (Å²) in [5, 5.41) is 10.4. The molecule has 0 saturated carbocycles. The largest absolute Gasteiger partial charge is 0.507 e. The number of aromatic nitrogens is 1. The third-order valence-corrected chi connectivity index (χ3v) is 5.08. The quantitative estimate of drug-likeness (QED) is 0.435. The van der Waals surface area contributed by atoms with E-state index in [0.717, 1.165) is 23.0 Å². The number of imide groups is 1. The fourth-order valence-corrected chi connectivity index (χ4v) is 3.67. The summed E-state index contributed by atoms with van der Waals surface area (Å²) in [5.41, 5.74) is 7.90. The van der Waals surface area contributed by atoms with Crippen molar-refractivity contribution in [3.63, 3.8) is 0 Å². The van der Waals surface area contributed by atoms with Crippen LogP contribution in [0, 0.1) is 0 Å². The number of hydrogen-bond acceptors (Lipinski definition) is 7. The highest BCUT2D eigenvalue weighted by Gasteiger charge is 2.33. The Hall–Kier alpha value is -3.79. The molecule has 0 saturated heterocycles. The number of nitrogens with one attached hydrogen (secondary N) is 1. The van der Waals surface area contributed by atoms with Gasteiger partial charge in [0.05, 0.1) is 15.8 Å². The summed E-state index contributed by atoms with van der Waals surface area (Å²) >= 11 is 1.10. The van der Waals surface area contributed by atoms with E-state index in [4.69, 9.17) is 5.73 Å². The summed E-state index contributed by atoms with van der Waals surface area (Å²) in [6.45, 7) is 1.05. The number of rotatable bonds is 4. The predicted octanol–water partition coefficient (Wildman–Crippen LogP) is 1.29. The van der Waals surface area contributed by atoms with Crippen LogP contribution in [0.5, 0.6) is 5.75 Å². The summed E-state index contributed by atoms with van der Waals surface area (Å²) in [4.78, 5) is 53.5. The molecular weight excluding hydrogens is 396 g/mol. The third kappa shape index (κ3) is 4.06. The maximum atomic E-state index is 12.7. The van der Waals surface area contributed by atoms with Crippen molar-refractivity contribution in [3.05, 3.63) is 59.1 Å². The molecule has 1 unspecified atom stereocenters. The summed E-state index contributed by atoms with van der Waals surface area (Å²) < 4.78 is 0.746. The molecule has 10 heteroatoms. The average molecular weight is 412 g/mol. The highest BCUT2D eigenvalue weighted by molar-refractivity contribution is 7.18. The number of phenols is 1. The first-order valence-corrected chi connectivity index (χ1v) is 9.19. The van der Waals surface area contributed by atoms with Gasteiger partial charge >= 0.3 is 0 Å². The first kappa shape index (κ1) is 20.0. The highest BCUT2D eigenvalue weighted by atomic mass is 32.1. The number of hydrogen-bond donors (Lipinski definition) is 3. The number of hydrazine groups is 1. The molecular formula is C19H16N4O5S. The van der Waals surface area contributed by atoms with Crippen LogP contribution in [-0.2, 0) is 14.4 Å². The molecule has 148 valence electrons. The number of carbonyl (C=O) groups is 4. The molecule has 9 nitrogen and oxygen atoms in total. The van der Waals surface area contributed by atoms with Crippen LogP contribution in [0.2, 0.25) is 0 Å². The van der Waals surface area contributed by atoms with Gasteiger partial charge in [-0.15, -0.1) is 11.3 Å². The maximum absolute atomic E-state index is 12.7. The molecule has 4 amide bonds. The van der Waals surface area contributed by atoms with Gasteiger partial charge < -0.3 is 10.8 Å². The zero-order valence-electron chi connectivity index (χ0n) is 15.2. The molecule has 3 rings (SSSR count). The van der Waals surface area contributed by atoms with Crippen molar-refractivity contribution in [2.75, 3.05) is 0 Å². The molecule has 0 aliphatic carbocycles. The molecule has 4 N–H and O–H groups in total. The SMILES string of the molecule is CC(=O)N(NC(=O)C(C(N)=O)c1nc2ccccc2s1)C(=O)c1ccccc1O. The highest BCUT2D eigenvalue weighted by Crippen LogP contribution is 2.28. The monoisotopic (exact) mass is 412 g/mol. The van der Waals surface area contributed by atoms with Crippen LogP contribution >= 0.6 is 11.3 Å². The Bertz CT molecular complexity index is 1090. The molecule has 0 aliphatic heterocycles. The van der Waals surface area contributed by atoms with Gasteiger partial charge in [-0.25, -0.2) is 4.98 Å². The van der Waals surface area contributed by atoms with Crippen molar-refractivity contribution in [3.8, 4) is 5.75 Å². The first-order chi connectivity index (χ1) is 13.8. The van der Waals surface area contributed by atoms with Crippen LogP contribution in [0.4, 0.5) is 0 Å². The number of carbonyl (C=O) groups excluding carboxylic acids is 4. The number of para-hydroxylation sites is 2. The predicted molar refractivity (Wildman–Crippen MR) is 105 cm³/mol. The van der Waals surface area contributed by atoms with Gasteiger partial charge in [-0.3, -0.25) is 24.6 Å². The summed E-state index contributed by atoms with van der Waals surface area (Å²) in [5.74, 6) is -5.63. The van der Waals surface area contributed by atoms with E-state index >= 15 is 0 Å². The number of primary amides is 1. The zero-order chi connectivity index (χ0) is 21.1. The van der Waals surface area contributed by atoms with E-state index in [1.807, 2.05) is 0 Å². The molecule has 3 aromatic rings. The summed E-state index contributed by atoms with van der Waals surface area (Å²) in [6, 6.07) is 12.6. The molecule has 1 aromatic heterocycles. The second kappa shape index (κ2) is 8.07. The molecule has 0 spiro atoms. The molecule has 2 aromatic carbocycles. The molecule has 29 heavy (non-hydrogen) atoms. The van der Waals surface area contributed by atoms with E-state index < -0.39 is 29.5 Å². The Morgan fingerprint density at radius 2 is 1.76 bits per heavy atom. The topological polar surface area (TPSA) is 143 Å². The van der Waals surface area contributed by atoms with Gasteiger partial charge in [0.15, 0.2) is 5.92 Å². The second-order valence-electron chi connectivity index (χ2n) is 6.01. The van der Waals surface area contributed by atoms with Crippen LogP contribution in [0.3, 0.4) is 0 Å². The Kier molecular flexibility index (Phi) is 5.55. The van der Waals surface area contributed by atoms with E-state index in [-0.39, 0.29) is 16.3 Å². The minimum atomic E-state index is -1.51. The lowest BCUT2D eigenvalue weighted by atomic mass is 10.1. The molecule has 0 fully saturated rings. The van der Waals surface area contributed by atoms with Crippen molar-refractivity contribution in [1.29, 1.82) is 0 Å². The second-order valence-corrected chi connectivity index (χ2v) is 7.07. The van der Waals surface area contributed by atoms with E-state index in [1.54, 1.807) is 24.3 Å². The number of benzene rings is 2. The fraction of sp³-hybridized carbons (Fsp3) is 0.105. The smallest absolute Gasteiger partial charge is 0.283 e. The van der Waals surface area contributed by atoms with Gasteiger partial charge in [0.25, 0.3) is 11.8 Å². The number of thiazole rings is 1. The van der Waals surface area contributed by atoms with Gasteiger partial charge in [-0.05, 0) is 24.3 Å². The average Bonchev–Trinajstić information content (AvgIpc) is 3.08. The normalized spacial score (nSPS) is 11.6. The van der Waals surface area contributed by atoms with Crippen LogP contribution in [0.15, 0.2) is 48.5 Å². The lowest BCUT2D eigenvalue weighted by Gasteiger charge is -2.22. The van der Waals surface area contributed by atoms with Crippen LogP contribution < -0.4 is 11.2 Å². The third-order valence-electron chi connectivity index (χ3n) is 3.98. The van der Waals surface area contributed by atoms with Gasteiger partial charge in [0.2, 0.25) is 11.8 Å². The summed E-state index contributed by atoms with van der Waals surface area (Å²) in [6.07, 6.45) is 0. The number of aromatic hydroxyl groups is 1. The molecule has 0 radical (unpaired) electrons. The van der Waals surface area contributed by atoms with Crippen LogP contribution in [-0.4, -0.2) is 38.7 Å². The lowest BCUT2D eigenvalue weighted by Crippen LogP contribution is -2.51. The van der Waals surface area contributed by atoms with E-state index in [0.29, 0.717) is 10.5 Å². The Morgan fingerprint density at radius 3 is 2.38 bits per heavy atom. The van der Waals surface area contributed by atoms with Gasteiger partial charge in [0, 0.05) is 6.92 Å². The van der Waals surface area contributed by atoms with Gasteiger partial charge in [-0.2, -0.15) is 5.01 Å². The molecule has 0 aliphatic rings. The maximum Gasteiger partial charge on any atom is 0.283 e. The number of nitrogens with two attached hydrogens (primary N) is 1. The standard InChI is InChI=1S/C19H16N4O5S/c1-10(24)23(19(28)11-6-2-4-8-13(11)25)22-17(27)15(16(20)26)18-21-12-7-3-5-9-14(12)29-18/h2-9,15,25H,1H3,(H2,20,26)(H,22,27). The van der Waals surface area contributed by atoms with Crippen molar-refractivity contribution < 1.29 is 24.3 Å². The summed E-state index contributed by atoms with van der Waals surface area (Å²) in [7, 11) is 0. The Labute approximate surface area is 168 Å². The lowest BCUT2D eigenvalue weighted by molar-refractivity contribution is -0.139. The van der Waals surface area contributed by atoms with E-state index in [1.165, 1.54) is 24.3 Å². The Balaban J connectivity index is 1.91. The minimum Gasteiger partial charge on any atom is -0.507 e. The van der Waals surface area contributed by atoms with Crippen molar-refractivity contribution in [2.24, 2.45) is 5.73 Å². The zero-order valence-corrected chi connectivity index (χ0v) is 16.0. The van der Waals surface area contributed by atoms with Gasteiger partial charge in [0.1, 0.15) is 10.8 Å². The molecule has 0 bridgehead atoms. The van der Waals surface area contributed by atoms with E-state index in [2.05, 4.69) is 10.4 Å². The first-order valence-electron chi connectivity index (χ1n) is 8.38. The van der Waals surface area contributed by atoms with Crippen molar-refractivity contribution in [1.82, 2.24) is 15.4 Å². The number of fused-ring (bicyclic) bond motifs is 1. The minimum absolute atomic E-state index is 0.134. The number of phenolic OH excluding ortho intramolecular Hbond substituents is 1. The molecule has 1 heterocycles. The van der Waals surface area contributed by atoms with Crippen LogP contribution in [0.1, 0.15) is 28.2 Å². The number of amides is 4. The Morgan fingerprint density at radius 1 is 1.10 bits per heavy atom. The van der Waals surface area contributed by atoms with Gasteiger partial charge in [-0.1, -0.05) is 24.3 Å². The van der Waals surface area contributed by atoms with Crippen molar-refractivity contribution >= 4 is 45.2 Å². The number of nitrogens with zero attached hydrogens (tertiary/aromatic N) is 2. The van der Waals surface area contributed by atoms with E-state index in [9.17, 15) is 24.3 Å².